The van der Waals surface area contributed by atoms with Gasteiger partial charge in [-0.15, -0.1) is 0 Å². The lowest BCUT2D eigenvalue weighted by Crippen LogP contribution is -2.35. The van der Waals surface area contributed by atoms with Crippen molar-refractivity contribution in [3.63, 3.8) is 0 Å². The van der Waals surface area contributed by atoms with Gasteiger partial charge >= 0.3 is 0 Å². The third-order valence-corrected chi connectivity index (χ3v) is 3.05. The maximum atomic E-state index is 11.6. The monoisotopic (exact) mass is 277 g/mol. The van der Waals surface area contributed by atoms with Crippen LogP contribution >= 0.6 is 0 Å². The molecule has 0 atom stereocenters. The molecule has 0 aliphatic heterocycles. The van der Waals surface area contributed by atoms with Gasteiger partial charge in [0.2, 0.25) is 5.91 Å². The zero-order chi connectivity index (χ0) is 14.6. The van der Waals surface area contributed by atoms with Crippen LogP contribution < -0.4 is 10.6 Å². The smallest absolute Gasteiger partial charge is 0.233 e. The second-order valence-corrected chi connectivity index (χ2v) is 5.27. The Kier molecular flexibility index (Phi) is 8.67. The number of hydrogen-bond acceptors (Lipinski definition) is 3. The fourth-order valence-electron chi connectivity index (χ4n) is 1.95. The van der Waals surface area contributed by atoms with Gasteiger partial charge in [-0.1, -0.05) is 30.3 Å². The highest BCUT2D eigenvalue weighted by molar-refractivity contribution is 5.77. The Morgan fingerprint density at radius 1 is 1.10 bits per heavy atom. The minimum Gasteiger partial charge on any atom is -0.355 e. The Morgan fingerprint density at radius 3 is 2.55 bits per heavy atom. The van der Waals surface area contributed by atoms with Gasteiger partial charge < -0.3 is 15.5 Å². The third kappa shape index (κ3) is 8.67. The van der Waals surface area contributed by atoms with Crippen LogP contribution in [0.1, 0.15) is 18.4 Å². The van der Waals surface area contributed by atoms with Gasteiger partial charge in [0.25, 0.3) is 0 Å². The molecule has 0 spiro atoms. The van der Waals surface area contributed by atoms with Gasteiger partial charge in [-0.05, 0) is 52.0 Å². The molecule has 1 amide bonds. The van der Waals surface area contributed by atoms with Crippen molar-refractivity contribution in [2.75, 3.05) is 40.3 Å². The first kappa shape index (κ1) is 16.7. The summed E-state index contributed by atoms with van der Waals surface area (Å²) in [6, 6.07) is 10.4. The first-order valence-corrected chi connectivity index (χ1v) is 7.34. The highest BCUT2D eigenvalue weighted by Crippen LogP contribution is 2.01. The number of carbonyl (C=O) groups excluding carboxylic acids is 1. The highest BCUT2D eigenvalue weighted by atomic mass is 16.1. The number of amides is 1. The van der Waals surface area contributed by atoms with Crippen LogP contribution in [0.4, 0.5) is 0 Å². The lowest BCUT2D eigenvalue weighted by atomic mass is 10.1. The molecular formula is C16H27N3O. The molecule has 1 rings (SSSR count). The van der Waals surface area contributed by atoms with Crippen molar-refractivity contribution in [2.24, 2.45) is 0 Å². The number of carbonyl (C=O) groups is 1. The van der Waals surface area contributed by atoms with E-state index in [0.717, 1.165) is 38.9 Å². The van der Waals surface area contributed by atoms with Crippen molar-refractivity contribution in [1.29, 1.82) is 0 Å². The van der Waals surface area contributed by atoms with Crippen molar-refractivity contribution < 1.29 is 4.79 Å². The van der Waals surface area contributed by atoms with E-state index in [1.807, 2.05) is 18.2 Å². The van der Waals surface area contributed by atoms with Crippen LogP contribution in [-0.4, -0.2) is 51.1 Å². The number of hydrogen-bond donors (Lipinski definition) is 2. The van der Waals surface area contributed by atoms with Gasteiger partial charge in [0.1, 0.15) is 0 Å². The number of nitrogens with zero attached hydrogens (tertiary/aromatic N) is 1. The van der Waals surface area contributed by atoms with Crippen molar-refractivity contribution in [2.45, 2.75) is 19.3 Å². The van der Waals surface area contributed by atoms with Crippen molar-refractivity contribution in [3.05, 3.63) is 35.9 Å². The molecule has 0 heterocycles. The van der Waals surface area contributed by atoms with E-state index >= 15 is 0 Å². The van der Waals surface area contributed by atoms with E-state index in [4.69, 9.17) is 0 Å². The summed E-state index contributed by atoms with van der Waals surface area (Å²) in [6.45, 7) is 3.09. The van der Waals surface area contributed by atoms with E-state index < -0.39 is 0 Å². The molecule has 0 aliphatic carbocycles. The first-order chi connectivity index (χ1) is 9.68. The van der Waals surface area contributed by atoms with Gasteiger partial charge in [0, 0.05) is 6.54 Å². The Morgan fingerprint density at radius 2 is 1.85 bits per heavy atom. The Labute approximate surface area is 122 Å². The van der Waals surface area contributed by atoms with Gasteiger partial charge in [-0.25, -0.2) is 0 Å². The van der Waals surface area contributed by atoms with Crippen molar-refractivity contribution in [1.82, 2.24) is 15.5 Å². The summed E-state index contributed by atoms with van der Waals surface area (Å²) >= 11 is 0. The second kappa shape index (κ2) is 10.4. The topological polar surface area (TPSA) is 44.4 Å². The molecule has 20 heavy (non-hydrogen) atoms. The molecular weight excluding hydrogens is 250 g/mol. The molecule has 0 fully saturated rings. The summed E-state index contributed by atoms with van der Waals surface area (Å²) in [5, 5.41) is 6.10. The summed E-state index contributed by atoms with van der Waals surface area (Å²) in [5.41, 5.74) is 1.32. The van der Waals surface area contributed by atoms with Crippen LogP contribution in [0, 0.1) is 0 Å². The number of rotatable bonds is 10. The maximum Gasteiger partial charge on any atom is 0.233 e. The lowest BCUT2D eigenvalue weighted by Gasteiger charge is -2.10. The Balaban J connectivity index is 1.95. The van der Waals surface area contributed by atoms with Crippen LogP contribution in [0.5, 0.6) is 0 Å². The quantitative estimate of drug-likeness (QED) is 0.633. The molecule has 0 saturated carbocycles. The largest absolute Gasteiger partial charge is 0.355 e. The standard InChI is InChI=1S/C16H27N3O/c1-19(2)13-7-11-17-14-16(20)18-12-6-10-15-8-4-3-5-9-15/h3-5,8-9,17H,6-7,10-14H2,1-2H3,(H,18,20). The number of nitrogens with one attached hydrogen (secondary N) is 2. The lowest BCUT2D eigenvalue weighted by molar-refractivity contribution is -0.120. The van der Waals surface area contributed by atoms with Gasteiger partial charge in [0.05, 0.1) is 6.54 Å². The van der Waals surface area contributed by atoms with Crippen molar-refractivity contribution in [3.8, 4) is 0 Å². The molecule has 4 nitrogen and oxygen atoms in total. The summed E-state index contributed by atoms with van der Waals surface area (Å²) in [4.78, 5) is 13.7. The predicted octanol–water partition coefficient (Wildman–Crippen LogP) is 1.28. The first-order valence-electron chi connectivity index (χ1n) is 7.34. The summed E-state index contributed by atoms with van der Waals surface area (Å²) in [6.07, 6.45) is 3.06. The van der Waals surface area contributed by atoms with E-state index in [9.17, 15) is 4.79 Å². The van der Waals surface area contributed by atoms with Crippen LogP contribution in [-0.2, 0) is 11.2 Å². The minimum absolute atomic E-state index is 0.0860. The molecule has 0 bridgehead atoms. The third-order valence-electron chi connectivity index (χ3n) is 3.05. The molecule has 2 N–H and O–H groups in total. The van der Waals surface area contributed by atoms with Crippen LogP contribution in [0.2, 0.25) is 0 Å². The highest BCUT2D eigenvalue weighted by Gasteiger charge is 2.00. The maximum absolute atomic E-state index is 11.6. The fourth-order valence-corrected chi connectivity index (χ4v) is 1.95. The van der Waals surface area contributed by atoms with Crippen molar-refractivity contribution >= 4 is 5.91 Å². The normalized spacial score (nSPS) is 10.8. The second-order valence-electron chi connectivity index (χ2n) is 5.27. The minimum atomic E-state index is 0.0860. The summed E-state index contributed by atoms with van der Waals surface area (Å²) < 4.78 is 0. The Hall–Kier alpha value is -1.39. The van der Waals surface area contributed by atoms with Crippen LogP contribution in [0.15, 0.2) is 30.3 Å². The van der Waals surface area contributed by atoms with Crippen LogP contribution in [0.25, 0.3) is 0 Å². The zero-order valence-corrected chi connectivity index (χ0v) is 12.7. The molecule has 0 radical (unpaired) electrons. The fraction of sp³-hybridized carbons (Fsp3) is 0.562. The van der Waals surface area contributed by atoms with Gasteiger partial charge in [-0.2, -0.15) is 0 Å². The molecule has 0 aromatic heterocycles. The summed E-state index contributed by atoms with van der Waals surface area (Å²) in [7, 11) is 4.11. The average Bonchev–Trinajstić information content (AvgIpc) is 2.44. The Bertz CT molecular complexity index is 365. The van der Waals surface area contributed by atoms with Crippen LogP contribution in [0.3, 0.4) is 0 Å². The zero-order valence-electron chi connectivity index (χ0n) is 12.7. The van der Waals surface area contributed by atoms with Gasteiger partial charge in [0.15, 0.2) is 0 Å². The molecule has 0 unspecified atom stereocenters. The SMILES string of the molecule is CN(C)CCCNCC(=O)NCCCc1ccccc1. The van der Waals surface area contributed by atoms with E-state index in [1.165, 1.54) is 5.56 Å². The van der Waals surface area contributed by atoms with E-state index in [1.54, 1.807) is 0 Å². The van der Waals surface area contributed by atoms with Gasteiger partial charge in [-0.3, -0.25) is 4.79 Å². The molecule has 1 aromatic carbocycles. The number of aryl methyl sites for hydroxylation is 1. The molecule has 0 saturated heterocycles. The molecule has 1 aromatic rings. The number of benzene rings is 1. The molecule has 4 heteroatoms. The predicted molar refractivity (Wildman–Crippen MR) is 83.8 cm³/mol. The summed E-state index contributed by atoms with van der Waals surface area (Å²) in [5.74, 6) is 0.0860. The van der Waals surface area contributed by atoms with E-state index in [-0.39, 0.29) is 5.91 Å². The molecule has 112 valence electrons. The van der Waals surface area contributed by atoms with E-state index in [0.29, 0.717) is 6.54 Å². The average molecular weight is 277 g/mol. The molecule has 0 aliphatic rings. The van der Waals surface area contributed by atoms with E-state index in [2.05, 4.69) is 41.8 Å².